The van der Waals surface area contributed by atoms with Gasteiger partial charge in [0.15, 0.2) is 5.84 Å². The first-order chi connectivity index (χ1) is 8.34. The molecule has 8 nitrogen and oxygen atoms in total. The van der Waals surface area contributed by atoms with Gasteiger partial charge in [-0.15, -0.1) is 0 Å². The molecule has 94 valence electrons. The molecule has 6 N–H and O–H groups in total. The lowest BCUT2D eigenvalue weighted by molar-refractivity contribution is 0.598. The molecule has 0 aliphatic heterocycles. The summed E-state index contributed by atoms with van der Waals surface area (Å²) in [5.74, 6) is -0.467. The average molecular weight is 266 g/mol. The third kappa shape index (κ3) is 3.55. The van der Waals surface area contributed by atoms with Crippen LogP contribution in [0.25, 0.3) is 0 Å². The van der Waals surface area contributed by atoms with E-state index in [1.165, 1.54) is 24.3 Å². The van der Waals surface area contributed by atoms with Crippen LogP contribution >= 0.6 is 0 Å². The molecule has 1 aromatic carbocycles. The third-order valence-corrected chi connectivity index (χ3v) is 2.77. The molecule has 0 saturated carbocycles. The molecule has 9 heteroatoms. The molecule has 0 spiro atoms. The van der Waals surface area contributed by atoms with E-state index >= 15 is 0 Å². The first-order valence-electron chi connectivity index (χ1n) is 4.55. The van der Waals surface area contributed by atoms with Crippen LogP contribution in [0.3, 0.4) is 0 Å². The SMILES string of the molecule is N#C/C(=N\Nc1ccc(S(N)(=O)=O)cc1)C(=N)N. The molecular weight excluding hydrogens is 256 g/mol. The van der Waals surface area contributed by atoms with Gasteiger partial charge >= 0.3 is 0 Å². The minimum atomic E-state index is -3.74. The van der Waals surface area contributed by atoms with Gasteiger partial charge in [-0.25, -0.2) is 13.6 Å². The number of primary sulfonamides is 1. The molecule has 0 aliphatic rings. The van der Waals surface area contributed by atoms with E-state index in [9.17, 15) is 8.42 Å². The summed E-state index contributed by atoms with van der Waals surface area (Å²) < 4.78 is 22.0. The second-order valence-electron chi connectivity index (χ2n) is 3.17. The lowest BCUT2D eigenvalue weighted by Gasteiger charge is -2.02. The van der Waals surface area contributed by atoms with Gasteiger partial charge in [-0.2, -0.15) is 10.4 Å². The number of benzene rings is 1. The first-order valence-corrected chi connectivity index (χ1v) is 6.10. The molecule has 0 aliphatic carbocycles. The van der Waals surface area contributed by atoms with Crippen LogP contribution in [-0.2, 0) is 10.0 Å². The monoisotopic (exact) mass is 266 g/mol. The van der Waals surface area contributed by atoms with Crippen molar-refractivity contribution in [2.45, 2.75) is 4.90 Å². The van der Waals surface area contributed by atoms with Gasteiger partial charge in [-0.3, -0.25) is 10.8 Å². The highest BCUT2D eigenvalue weighted by atomic mass is 32.2. The summed E-state index contributed by atoms with van der Waals surface area (Å²) in [4.78, 5) is -0.0379. The van der Waals surface area contributed by atoms with E-state index in [-0.39, 0.29) is 10.6 Å². The fraction of sp³-hybridized carbons (Fsp3) is 0. The number of nitrogens with one attached hydrogen (secondary N) is 2. The Morgan fingerprint density at radius 1 is 1.39 bits per heavy atom. The molecule has 0 amide bonds. The molecule has 0 bridgehead atoms. The maximum absolute atomic E-state index is 11.0. The quantitative estimate of drug-likeness (QED) is 0.330. The van der Waals surface area contributed by atoms with E-state index in [4.69, 9.17) is 21.5 Å². The summed E-state index contributed by atoms with van der Waals surface area (Å²) in [5, 5.41) is 24.1. The van der Waals surface area contributed by atoms with E-state index < -0.39 is 15.9 Å². The Hall–Kier alpha value is -2.44. The Labute approximate surface area is 103 Å². The lowest BCUT2D eigenvalue weighted by atomic mass is 10.3. The number of rotatable bonds is 4. The summed E-state index contributed by atoms with van der Waals surface area (Å²) in [6, 6.07) is 7.03. The number of hydrogen-bond donors (Lipinski definition) is 4. The Morgan fingerprint density at radius 2 is 1.94 bits per heavy atom. The van der Waals surface area contributed by atoms with E-state index in [1.54, 1.807) is 6.07 Å². The van der Waals surface area contributed by atoms with Crippen LogP contribution in [0.4, 0.5) is 5.69 Å². The molecule has 0 unspecified atom stereocenters. The topological polar surface area (TPSA) is 158 Å². The van der Waals surface area contributed by atoms with Crippen molar-refractivity contribution >= 4 is 27.3 Å². The van der Waals surface area contributed by atoms with Crippen LogP contribution in [0, 0.1) is 16.7 Å². The van der Waals surface area contributed by atoms with Crippen molar-refractivity contribution in [3.05, 3.63) is 24.3 Å². The Balaban J connectivity index is 2.89. The number of nitriles is 1. The minimum Gasteiger partial charge on any atom is -0.382 e. The fourth-order valence-corrected chi connectivity index (χ4v) is 1.50. The highest BCUT2D eigenvalue weighted by Crippen LogP contribution is 2.12. The van der Waals surface area contributed by atoms with E-state index in [0.717, 1.165) is 0 Å². The van der Waals surface area contributed by atoms with E-state index in [2.05, 4.69) is 10.5 Å². The van der Waals surface area contributed by atoms with Crippen LogP contribution in [0.2, 0.25) is 0 Å². The number of amidine groups is 1. The Kier molecular flexibility index (Phi) is 3.98. The zero-order chi connectivity index (χ0) is 13.8. The number of hydrogen-bond acceptors (Lipinski definition) is 6. The summed E-state index contributed by atoms with van der Waals surface area (Å²) in [6.45, 7) is 0. The number of anilines is 1. The van der Waals surface area contributed by atoms with Gasteiger partial charge in [0.1, 0.15) is 6.07 Å². The number of nitrogens with two attached hydrogens (primary N) is 2. The van der Waals surface area contributed by atoms with E-state index in [0.29, 0.717) is 5.69 Å². The van der Waals surface area contributed by atoms with Crippen LogP contribution < -0.4 is 16.3 Å². The van der Waals surface area contributed by atoms with Gasteiger partial charge in [-0.05, 0) is 24.3 Å². The second-order valence-corrected chi connectivity index (χ2v) is 4.73. The molecule has 0 saturated heterocycles. The number of sulfonamides is 1. The van der Waals surface area contributed by atoms with Crippen LogP contribution in [0.5, 0.6) is 0 Å². The van der Waals surface area contributed by atoms with Crippen LogP contribution in [0.15, 0.2) is 34.3 Å². The molecule has 0 atom stereocenters. The maximum atomic E-state index is 11.0. The molecule has 0 radical (unpaired) electrons. The van der Waals surface area contributed by atoms with Gasteiger partial charge in [0.05, 0.1) is 10.6 Å². The average Bonchev–Trinajstić information content (AvgIpc) is 2.29. The van der Waals surface area contributed by atoms with Crippen molar-refractivity contribution in [1.82, 2.24) is 0 Å². The van der Waals surface area contributed by atoms with Crippen molar-refractivity contribution in [3.8, 4) is 6.07 Å². The zero-order valence-corrected chi connectivity index (χ0v) is 9.90. The van der Waals surface area contributed by atoms with Gasteiger partial charge < -0.3 is 5.73 Å². The molecule has 1 rings (SSSR count). The summed E-state index contributed by atoms with van der Waals surface area (Å²) in [7, 11) is -3.74. The highest BCUT2D eigenvalue weighted by Gasteiger charge is 2.06. The molecular formula is C9H10N6O2S. The predicted octanol–water partition coefficient (Wildman–Crippen LogP) is -0.439. The van der Waals surface area contributed by atoms with Crippen molar-refractivity contribution < 1.29 is 8.42 Å². The summed E-state index contributed by atoms with van der Waals surface area (Å²) >= 11 is 0. The van der Waals surface area contributed by atoms with Gasteiger partial charge in [-0.1, -0.05) is 0 Å². The Morgan fingerprint density at radius 3 is 2.33 bits per heavy atom. The van der Waals surface area contributed by atoms with Crippen LogP contribution in [0.1, 0.15) is 0 Å². The minimum absolute atomic E-state index is 0.0379. The third-order valence-electron chi connectivity index (χ3n) is 1.84. The maximum Gasteiger partial charge on any atom is 0.238 e. The van der Waals surface area contributed by atoms with Crippen molar-refractivity contribution in [1.29, 1.82) is 10.7 Å². The first kappa shape index (κ1) is 13.6. The zero-order valence-electron chi connectivity index (χ0n) is 9.08. The Bertz CT molecular complexity index is 626. The van der Waals surface area contributed by atoms with Crippen LogP contribution in [-0.4, -0.2) is 20.0 Å². The molecule has 0 aromatic heterocycles. The van der Waals surface area contributed by atoms with Gasteiger partial charge in [0.25, 0.3) is 0 Å². The smallest absolute Gasteiger partial charge is 0.238 e. The second kappa shape index (κ2) is 5.26. The molecule has 0 heterocycles. The molecule has 0 fully saturated rings. The highest BCUT2D eigenvalue weighted by molar-refractivity contribution is 7.89. The standard InChI is InChI=1S/C9H10N6O2S/c10-5-8(9(11)12)15-14-6-1-3-7(4-2-6)18(13,16)17/h1-4,14H,(H3,11,12)(H2,13,16,17)/b15-8+. The normalized spacial score (nSPS) is 11.7. The van der Waals surface area contributed by atoms with Gasteiger partial charge in [0.2, 0.25) is 15.7 Å². The largest absolute Gasteiger partial charge is 0.382 e. The predicted molar refractivity (Wildman–Crippen MR) is 66.4 cm³/mol. The molecule has 18 heavy (non-hydrogen) atoms. The summed E-state index contributed by atoms with van der Waals surface area (Å²) in [5.41, 5.74) is 7.71. The number of nitrogens with zero attached hydrogens (tertiary/aromatic N) is 2. The fourth-order valence-electron chi connectivity index (χ4n) is 0.985. The summed E-state index contributed by atoms with van der Waals surface area (Å²) in [6.07, 6.45) is 0. The van der Waals surface area contributed by atoms with Gasteiger partial charge in [0, 0.05) is 0 Å². The van der Waals surface area contributed by atoms with E-state index in [1.807, 2.05) is 0 Å². The lowest BCUT2D eigenvalue weighted by Crippen LogP contribution is -2.21. The van der Waals surface area contributed by atoms with Crippen molar-refractivity contribution in [2.24, 2.45) is 16.0 Å². The number of hydrazone groups is 1. The molecule has 1 aromatic rings. The van der Waals surface area contributed by atoms with Crippen molar-refractivity contribution in [2.75, 3.05) is 5.43 Å². The van der Waals surface area contributed by atoms with Crippen molar-refractivity contribution in [3.63, 3.8) is 0 Å².